The molecule has 0 aliphatic heterocycles. The average molecular weight is 285 g/mol. The monoisotopic (exact) mass is 285 g/mol. The second-order valence-corrected chi connectivity index (χ2v) is 4.60. The summed E-state index contributed by atoms with van der Waals surface area (Å²) in [7, 11) is 0. The van der Waals surface area contributed by atoms with Gasteiger partial charge in [0.25, 0.3) is 0 Å². The van der Waals surface area contributed by atoms with Crippen LogP contribution in [0.5, 0.6) is 0 Å². The van der Waals surface area contributed by atoms with E-state index in [1.54, 1.807) is 0 Å². The van der Waals surface area contributed by atoms with Gasteiger partial charge in [0.05, 0.1) is 0 Å². The van der Waals surface area contributed by atoms with Gasteiger partial charge in [-0.15, -0.1) is 0 Å². The maximum absolute atomic E-state index is 12.2. The van der Waals surface area contributed by atoms with Gasteiger partial charge in [-0.05, 0) is 11.5 Å². The van der Waals surface area contributed by atoms with Gasteiger partial charge in [0.2, 0.25) is 12.3 Å². The second-order valence-electron chi connectivity index (χ2n) is 4.60. The molecule has 0 bridgehead atoms. The van der Waals surface area contributed by atoms with Crippen molar-refractivity contribution in [3.05, 3.63) is 35.9 Å². The first-order valence-corrected chi connectivity index (χ1v) is 6.25. The summed E-state index contributed by atoms with van der Waals surface area (Å²) < 4.78 is 24.4. The maximum atomic E-state index is 12.2. The molecule has 1 aromatic rings. The number of carbonyl (C=O) groups excluding carboxylic acids is 1. The number of carbonyl (C=O) groups is 2. The number of alkyl halides is 2. The van der Waals surface area contributed by atoms with E-state index >= 15 is 0 Å². The largest absolute Gasteiger partial charge is 0.480 e. The van der Waals surface area contributed by atoms with Gasteiger partial charge in [-0.1, -0.05) is 37.3 Å². The third-order valence-electron chi connectivity index (χ3n) is 2.91. The Bertz CT molecular complexity index is 451. The van der Waals surface area contributed by atoms with E-state index in [0.29, 0.717) is 0 Å². The minimum atomic E-state index is -2.78. The molecule has 110 valence electrons. The number of rotatable bonds is 7. The third kappa shape index (κ3) is 5.34. The first kappa shape index (κ1) is 16.1. The minimum Gasteiger partial charge on any atom is -0.480 e. The lowest BCUT2D eigenvalue weighted by molar-refractivity contribution is -0.143. The van der Waals surface area contributed by atoms with Crippen LogP contribution in [0.1, 0.15) is 31.2 Å². The van der Waals surface area contributed by atoms with Crippen LogP contribution in [-0.2, 0) is 9.59 Å². The van der Waals surface area contributed by atoms with Crippen molar-refractivity contribution in [1.29, 1.82) is 0 Å². The Hall–Kier alpha value is -1.98. The number of carboxylic acids is 1. The molecule has 4 nitrogen and oxygen atoms in total. The molecule has 20 heavy (non-hydrogen) atoms. The molecule has 2 atom stereocenters. The summed E-state index contributed by atoms with van der Waals surface area (Å²) in [5.74, 6) is -2.11. The Morgan fingerprint density at radius 1 is 1.25 bits per heavy atom. The van der Waals surface area contributed by atoms with E-state index in [1.807, 2.05) is 37.3 Å². The number of nitrogens with one attached hydrogen (secondary N) is 1. The van der Waals surface area contributed by atoms with E-state index in [9.17, 15) is 18.4 Å². The van der Waals surface area contributed by atoms with Crippen LogP contribution >= 0.6 is 0 Å². The van der Waals surface area contributed by atoms with Crippen LogP contribution in [-0.4, -0.2) is 29.5 Å². The van der Waals surface area contributed by atoms with Crippen molar-refractivity contribution < 1.29 is 23.5 Å². The lowest BCUT2D eigenvalue weighted by Gasteiger charge is -2.16. The van der Waals surface area contributed by atoms with E-state index in [-0.39, 0.29) is 12.3 Å². The highest BCUT2D eigenvalue weighted by Crippen LogP contribution is 2.18. The highest BCUT2D eigenvalue weighted by Gasteiger charge is 2.24. The summed E-state index contributed by atoms with van der Waals surface area (Å²) in [5.41, 5.74) is 0.934. The highest BCUT2D eigenvalue weighted by atomic mass is 19.3. The quantitative estimate of drug-likeness (QED) is 0.808. The number of aliphatic carboxylic acids is 1. The predicted octanol–water partition coefficient (Wildman–Crippen LogP) is 2.40. The van der Waals surface area contributed by atoms with E-state index in [4.69, 9.17) is 5.11 Å². The van der Waals surface area contributed by atoms with Crippen molar-refractivity contribution in [2.75, 3.05) is 0 Å². The zero-order valence-corrected chi connectivity index (χ0v) is 11.1. The molecule has 0 spiro atoms. The molecule has 0 radical (unpaired) electrons. The van der Waals surface area contributed by atoms with Crippen molar-refractivity contribution in [2.45, 2.75) is 38.2 Å². The van der Waals surface area contributed by atoms with Crippen molar-refractivity contribution in [3.8, 4) is 0 Å². The standard InChI is InChI=1S/C14H17F2NO3/c1-9(10-5-3-2-4-6-10)7-13(18)17-11(14(19)20)8-12(15)16/h2-6,9,11-12H,7-8H2,1H3,(H,17,18)(H,19,20). The molecule has 0 saturated heterocycles. The Balaban J connectivity index is 2.55. The molecule has 0 aliphatic rings. The fourth-order valence-corrected chi connectivity index (χ4v) is 1.83. The zero-order chi connectivity index (χ0) is 15.1. The number of halogens is 2. The highest BCUT2D eigenvalue weighted by molar-refractivity contribution is 5.83. The number of hydrogen-bond donors (Lipinski definition) is 2. The summed E-state index contributed by atoms with van der Waals surface area (Å²) in [6.45, 7) is 1.82. The molecule has 0 fully saturated rings. The van der Waals surface area contributed by atoms with Crippen LogP contribution in [0, 0.1) is 0 Å². The van der Waals surface area contributed by atoms with Crippen LogP contribution in [0.15, 0.2) is 30.3 Å². The Kier molecular flexibility index (Phi) is 6.09. The van der Waals surface area contributed by atoms with E-state index < -0.39 is 30.8 Å². The summed E-state index contributed by atoms with van der Waals surface area (Å²) in [6.07, 6.45) is -3.61. The summed E-state index contributed by atoms with van der Waals surface area (Å²) in [4.78, 5) is 22.5. The second kappa shape index (κ2) is 7.57. The van der Waals surface area contributed by atoms with E-state index in [0.717, 1.165) is 5.56 Å². The van der Waals surface area contributed by atoms with Crippen LogP contribution in [0.25, 0.3) is 0 Å². The van der Waals surface area contributed by atoms with Gasteiger partial charge in [0.15, 0.2) is 0 Å². The number of hydrogen-bond acceptors (Lipinski definition) is 2. The van der Waals surface area contributed by atoms with Gasteiger partial charge < -0.3 is 10.4 Å². The first-order chi connectivity index (χ1) is 9.40. The molecular weight excluding hydrogens is 268 g/mol. The fourth-order valence-electron chi connectivity index (χ4n) is 1.83. The molecular formula is C14H17F2NO3. The third-order valence-corrected chi connectivity index (χ3v) is 2.91. The van der Waals surface area contributed by atoms with Crippen molar-refractivity contribution in [3.63, 3.8) is 0 Å². The number of amides is 1. The van der Waals surface area contributed by atoms with Crippen molar-refractivity contribution >= 4 is 11.9 Å². The smallest absolute Gasteiger partial charge is 0.326 e. The molecule has 0 saturated carbocycles. The van der Waals surface area contributed by atoms with Crippen molar-refractivity contribution in [1.82, 2.24) is 5.32 Å². The van der Waals surface area contributed by atoms with Gasteiger partial charge in [-0.25, -0.2) is 13.6 Å². The molecule has 2 unspecified atom stereocenters. The maximum Gasteiger partial charge on any atom is 0.326 e. The van der Waals surface area contributed by atoms with Crippen LogP contribution in [0.4, 0.5) is 8.78 Å². The van der Waals surface area contributed by atoms with E-state index in [1.165, 1.54) is 0 Å². The van der Waals surface area contributed by atoms with E-state index in [2.05, 4.69) is 5.32 Å². The molecule has 1 amide bonds. The summed E-state index contributed by atoms with van der Waals surface area (Å²) in [6, 6.07) is 7.67. The Morgan fingerprint density at radius 2 is 1.85 bits per heavy atom. The van der Waals surface area contributed by atoms with Gasteiger partial charge in [-0.2, -0.15) is 0 Å². The summed E-state index contributed by atoms with van der Waals surface area (Å²) >= 11 is 0. The van der Waals surface area contributed by atoms with Gasteiger partial charge in [0, 0.05) is 12.8 Å². The molecule has 6 heteroatoms. The normalized spacial score (nSPS) is 13.8. The predicted molar refractivity (Wildman–Crippen MR) is 69.7 cm³/mol. The zero-order valence-electron chi connectivity index (χ0n) is 11.1. The molecule has 1 aromatic carbocycles. The Labute approximate surface area is 115 Å². The molecule has 0 heterocycles. The molecule has 1 rings (SSSR count). The van der Waals surface area contributed by atoms with Crippen LogP contribution < -0.4 is 5.32 Å². The number of benzene rings is 1. The fraction of sp³-hybridized carbons (Fsp3) is 0.429. The topological polar surface area (TPSA) is 66.4 Å². The minimum absolute atomic E-state index is 0.0526. The lowest BCUT2D eigenvalue weighted by atomic mass is 9.97. The number of carboxylic acid groups (broad SMARTS) is 1. The first-order valence-electron chi connectivity index (χ1n) is 6.25. The summed E-state index contributed by atoms with van der Waals surface area (Å²) in [5, 5.41) is 10.9. The van der Waals surface area contributed by atoms with Gasteiger partial charge in [0.1, 0.15) is 6.04 Å². The molecule has 0 aliphatic carbocycles. The average Bonchev–Trinajstić information content (AvgIpc) is 2.38. The van der Waals surface area contributed by atoms with Crippen LogP contribution in [0.2, 0.25) is 0 Å². The van der Waals surface area contributed by atoms with Crippen LogP contribution in [0.3, 0.4) is 0 Å². The SMILES string of the molecule is CC(CC(=O)NC(CC(F)F)C(=O)O)c1ccccc1. The Morgan fingerprint density at radius 3 is 2.35 bits per heavy atom. The lowest BCUT2D eigenvalue weighted by Crippen LogP contribution is -2.42. The molecule has 0 aromatic heterocycles. The van der Waals surface area contributed by atoms with Crippen molar-refractivity contribution in [2.24, 2.45) is 0 Å². The van der Waals surface area contributed by atoms with Gasteiger partial charge >= 0.3 is 5.97 Å². The molecule has 2 N–H and O–H groups in total. The van der Waals surface area contributed by atoms with Gasteiger partial charge in [-0.3, -0.25) is 4.79 Å².